The first-order valence-electron chi connectivity index (χ1n) is 10.9. The van der Waals surface area contributed by atoms with Gasteiger partial charge in [-0.05, 0) is 24.6 Å². The summed E-state index contributed by atoms with van der Waals surface area (Å²) in [6.07, 6.45) is 3.37. The second-order valence-electron chi connectivity index (χ2n) is 8.31. The van der Waals surface area contributed by atoms with Crippen molar-refractivity contribution in [2.75, 3.05) is 5.32 Å². The molecule has 0 spiro atoms. The Kier molecular flexibility index (Phi) is 5.59. The number of amides is 4. The molecule has 0 aliphatic carbocycles. The van der Waals surface area contributed by atoms with Gasteiger partial charge in [-0.2, -0.15) is 5.10 Å². The van der Waals surface area contributed by atoms with E-state index in [2.05, 4.69) is 15.7 Å². The Morgan fingerprint density at radius 1 is 1.09 bits per heavy atom. The Morgan fingerprint density at radius 3 is 2.69 bits per heavy atom. The van der Waals surface area contributed by atoms with E-state index >= 15 is 0 Å². The van der Waals surface area contributed by atoms with E-state index in [0.717, 1.165) is 16.5 Å². The van der Waals surface area contributed by atoms with Gasteiger partial charge < -0.3 is 5.32 Å². The SMILES string of the molecule is O=C1CCC(N2C(=O)c3cccc(NCc4cnn(Cc5ccc(F)cc5F)c4)c3C2=O)C(=O)N1. The van der Waals surface area contributed by atoms with E-state index < -0.39 is 41.3 Å². The molecule has 2 aromatic carbocycles. The largest absolute Gasteiger partial charge is 0.380 e. The number of halogens is 2. The molecule has 1 aromatic heterocycles. The molecule has 1 fully saturated rings. The van der Waals surface area contributed by atoms with Crippen molar-refractivity contribution in [1.29, 1.82) is 0 Å². The number of imide groups is 2. The molecule has 1 unspecified atom stereocenters. The van der Waals surface area contributed by atoms with E-state index in [0.29, 0.717) is 5.69 Å². The van der Waals surface area contributed by atoms with Crippen molar-refractivity contribution in [1.82, 2.24) is 20.0 Å². The summed E-state index contributed by atoms with van der Waals surface area (Å²) in [6, 6.07) is 7.09. The molecule has 9 nitrogen and oxygen atoms in total. The molecule has 4 amide bonds. The zero-order valence-corrected chi connectivity index (χ0v) is 18.3. The molecule has 35 heavy (non-hydrogen) atoms. The Labute approximate surface area is 197 Å². The van der Waals surface area contributed by atoms with Crippen LogP contribution in [0, 0.1) is 11.6 Å². The van der Waals surface area contributed by atoms with E-state index in [1.807, 2.05) is 0 Å². The molecule has 0 saturated carbocycles. The molecule has 5 rings (SSSR count). The van der Waals surface area contributed by atoms with Crippen LogP contribution >= 0.6 is 0 Å². The van der Waals surface area contributed by atoms with Gasteiger partial charge in [0.2, 0.25) is 11.8 Å². The molecule has 1 atom stereocenters. The lowest BCUT2D eigenvalue weighted by Crippen LogP contribution is -2.54. The minimum atomic E-state index is -1.04. The lowest BCUT2D eigenvalue weighted by molar-refractivity contribution is -0.136. The maximum Gasteiger partial charge on any atom is 0.264 e. The highest BCUT2D eigenvalue weighted by molar-refractivity contribution is 6.25. The number of fused-ring (bicyclic) bond motifs is 1. The number of piperidine rings is 1. The molecule has 0 radical (unpaired) electrons. The predicted molar refractivity (Wildman–Crippen MR) is 118 cm³/mol. The second-order valence-corrected chi connectivity index (χ2v) is 8.31. The van der Waals surface area contributed by atoms with Gasteiger partial charge in [-0.25, -0.2) is 8.78 Å². The molecule has 178 valence electrons. The zero-order valence-electron chi connectivity index (χ0n) is 18.3. The summed E-state index contributed by atoms with van der Waals surface area (Å²) in [4.78, 5) is 50.7. The summed E-state index contributed by atoms with van der Waals surface area (Å²) in [5.74, 6) is -3.62. The van der Waals surface area contributed by atoms with Crippen LogP contribution in [-0.2, 0) is 22.7 Å². The van der Waals surface area contributed by atoms with Gasteiger partial charge in [0, 0.05) is 42.0 Å². The highest BCUT2D eigenvalue weighted by Gasteiger charge is 2.45. The number of aromatic nitrogens is 2. The first-order valence-corrected chi connectivity index (χ1v) is 10.9. The van der Waals surface area contributed by atoms with E-state index in [4.69, 9.17) is 0 Å². The Hall–Kier alpha value is -4.41. The average molecular weight is 479 g/mol. The highest BCUT2D eigenvalue weighted by atomic mass is 19.1. The number of nitrogens with one attached hydrogen (secondary N) is 2. The first kappa shape index (κ1) is 22.4. The van der Waals surface area contributed by atoms with Crippen molar-refractivity contribution in [3.8, 4) is 0 Å². The molecule has 2 N–H and O–H groups in total. The topological polar surface area (TPSA) is 113 Å². The van der Waals surface area contributed by atoms with Gasteiger partial charge in [0.25, 0.3) is 11.8 Å². The molecule has 2 aliphatic heterocycles. The van der Waals surface area contributed by atoms with E-state index in [-0.39, 0.29) is 42.6 Å². The summed E-state index contributed by atoms with van der Waals surface area (Å²) in [5.41, 5.74) is 1.75. The number of benzene rings is 2. The van der Waals surface area contributed by atoms with Gasteiger partial charge in [-0.15, -0.1) is 0 Å². The van der Waals surface area contributed by atoms with E-state index in [9.17, 15) is 28.0 Å². The third-order valence-corrected chi connectivity index (χ3v) is 5.99. The van der Waals surface area contributed by atoms with Gasteiger partial charge in [0.05, 0.1) is 23.9 Å². The van der Waals surface area contributed by atoms with Crippen LogP contribution in [0.25, 0.3) is 0 Å². The van der Waals surface area contributed by atoms with Crippen LogP contribution in [0.5, 0.6) is 0 Å². The van der Waals surface area contributed by atoms with Gasteiger partial charge >= 0.3 is 0 Å². The van der Waals surface area contributed by atoms with Crippen LogP contribution < -0.4 is 10.6 Å². The van der Waals surface area contributed by atoms with Crippen LogP contribution in [0.2, 0.25) is 0 Å². The standard InChI is InChI=1S/C24H19F2N5O4/c25-15-5-4-14(17(26)8-15)12-30-11-13(10-28-30)9-27-18-3-1-2-16-21(18)24(35)31(23(16)34)19-6-7-20(32)29-22(19)33/h1-5,8,10-11,19,27H,6-7,9,12H2,(H,29,32,33). The highest BCUT2D eigenvalue weighted by Crippen LogP contribution is 2.32. The number of carbonyl (C=O) groups excluding carboxylic acids is 4. The normalized spacial score (nSPS) is 17.5. The molecule has 3 heterocycles. The molecule has 11 heteroatoms. The third-order valence-electron chi connectivity index (χ3n) is 5.99. The van der Waals surface area contributed by atoms with Gasteiger partial charge in [-0.1, -0.05) is 12.1 Å². The van der Waals surface area contributed by atoms with Crippen molar-refractivity contribution in [3.63, 3.8) is 0 Å². The third kappa shape index (κ3) is 4.16. The lowest BCUT2D eigenvalue weighted by atomic mass is 10.0. The quantitative estimate of drug-likeness (QED) is 0.525. The minimum absolute atomic E-state index is 0.0424. The van der Waals surface area contributed by atoms with Crippen LogP contribution in [0.15, 0.2) is 48.8 Å². The smallest absolute Gasteiger partial charge is 0.264 e. The van der Waals surface area contributed by atoms with Gasteiger partial charge in [0.1, 0.15) is 17.7 Å². The number of nitrogens with zero attached hydrogens (tertiary/aromatic N) is 3. The van der Waals surface area contributed by atoms with Crippen LogP contribution in [0.3, 0.4) is 0 Å². The average Bonchev–Trinajstić information content (AvgIpc) is 3.37. The molecule has 2 aliphatic rings. The summed E-state index contributed by atoms with van der Waals surface area (Å²) in [6.45, 7) is 0.364. The zero-order chi connectivity index (χ0) is 24.7. The minimum Gasteiger partial charge on any atom is -0.380 e. The van der Waals surface area contributed by atoms with Gasteiger partial charge in [-0.3, -0.25) is 34.1 Å². The molecule has 0 bridgehead atoms. The number of rotatable bonds is 6. The maximum absolute atomic E-state index is 13.9. The number of hydrogen-bond donors (Lipinski definition) is 2. The van der Waals surface area contributed by atoms with Crippen molar-refractivity contribution in [3.05, 3.63) is 82.7 Å². The summed E-state index contributed by atoms with van der Waals surface area (Å²) >= 11 is 0. The fraction of sp³-hybridized carbons (Fsp3) is 0.208. The lowest BCUT2D eigenvalue weighted by Gasteiger charge is -2.27. The number of carbonyl (C=O) groups is 4. The molecular weight excluding hydrogens is 460 g/mol. The van der Waals surface area contributed by atoms with E-state index in [1.165, 1.54) is 22.9 Å². The van der Waals surface area contributed by atoms with Crippen molar-refractivity contribution < 1.29 is 28.0 Å². The van der Waals surface area contributed by atoms with E-state index in [1.54, 1.807) is 24.5 Å². The second kappa shape index (κ2) is 8.75. The summed E-state index contributed by atoms with van der Waals surface area (Å²) < 4.78 is 28.5. The Bertz CT molecular complexity index is 1390. The fourth-order valence-electron chi connectivity index (χ4n) is 4.27. The molecule has 1 saturated heterocycles. The monoisotopic (exact) mass is 479 g/mol. The Balaban J connectivity index is 1.31. The first-order chi connectivity index (χ1) is 16.8. The number of hydrogen-bond acceptors (Lipinski definition) is 6. The van der Waals surface area contributed by atoms with Crippen molar-refractivity contribution in [2.45, 2.75) is 32.0 Å². The summed E-state index contributed by atoms with van der Waals surface area (Å²) in [7, 11) is 0. The predicted octanol–water partition coefficient (Wildman–Crippen LogP) is 2.22. The Morgan fingerprint density at radius 2 is 1.91 bits per heavy atom. The van der Waals surface area contributed by atoms with Crippen LogP contribution in [0.1, 0.15) is 44.7 Å². The fourth-order valence-corrected chi connectivity index (χ4v) is 4.27. The molecule has 3 aromatic rings. The van der Waals surface area contributed by atoms with Crippen molar-refractivity contribution in [2.24, 2.45) is 0 Å². The van der Waals surface area contributed by atoms with Crippen LogP contribution in [0.4, 0.5) is 14.5 Å². The maximum atomic E-state index is 13.9. The van der Waals surface area contributed by atoms with Crippen molar-refractivity contribution >= 4 is 29.3 Å². The molecular formula is C24H19F2N5O4. The van der Waals surface area contributed by atoms with Gasteiger partial charge in [0.15, 0.2) is 0 Å². The van der Waals surface area contributed by atoms with Crippen LogP contribution in [-0.4, -0.2) is 44.4 Å². The summed E-state index contributed by atoms with van der Waals surface area (Å²) in [5, 5.41) is 9.48. The number of anilines is 1.